The van der Waals surface area contributed by atoms with Crippen LogP contribution in [0.5, 0.6) is 5.75 Å². The molecule has 1 fully saturated rings. The summed E-state index contributed by atoms with van der Waals surface area (Å²) in [5, 5.41) is 11.2. The number of anilines is 1. The molecule has 0 aromatic heterocycles. The highest BCUT2D eigenvalue weighted by atomic mass is 16.5. The van der Waals surface area contributed by atoms with E-state index in [0.29, 0.717) is 22.6 Å². The van der Waals surface area contributed by atoms with Crippen LogP contribution in [0, 0.1) is 13.8 Å². The van der Waals surface area contributed by atoms with Gasteiger partial charge in [0, 0.05) is 11.3 Å². The van der Waals surface area contributed by atoms with Crippen LogP contribution in [0.1, 0.15) is 42.1 Å². The average Bonchev–Trinajstić information content (AvgIpc) is 3.03. The summed E-state index contributed by atoms with van der Waals surface area (Å²) in [5.41, 5.74) is 3.80. The van der Waals surface area contributed by atoms with E-state index in [0.717, 1.165) is 11.1 Å². The lowest BCUT2D eigenvalue weighted by atomic mass is 9.95. The van der Waals surface area contributed by atoms with Crippen molar-refractivity contribution in [3.8, 4) is 5.75 Å². The van der Waals surface area contributed by atoms with Crippen LogP contribution in [0.2, 0.25) is 0 Å². The number of nitrogens with zero attached hydrogens (tertiary/aromatic N) is 1. The van der Waals surface area contributed by atoms with Gasteiger partial charge in [0.05, 0.1) is 17.7 Å². The lowest BCUT2D eigenvalue weighted by Gasteiger charge is -2.26. The van der Waals surface area contributed by atoms with Gasteiger partial charge in [0.25, 0.3) is 11.7 Å². The van der Waals surface area contributed by atoms with Crippen LogP contribution in [0.3, 0.4) is 0 Å². The number of carbonyl (C=O) groups is 2. The molecule has 4 rings (SSSR count). The summed E-state index contributed by atoms with van der Waals surface area (Å²) >= 11 is 0. The second kappa shape index (κ2) is 8.94. The third kappa shape index (κ3) is 4.40. The average molecular weight is 442 g/mol. The van der Waals surface area contributed by atoms with Gasteiger partial charge in [-0.25, -0.2) is 0 Å². The van der Waals surface area contributed by atoms with Crippen molar-refractivity contribution in [2.45, 2.75) is 39.8 Å². The third-order valence-corrected chi connectivity index (χ3v) is 5.52. The molecule has 168 valence electrons. The number of carbonyl (C=O) groups excluding carboxylic acids is 2. The number of benzene rings is 3. The lowest BCUT2D eigenvalue weighted by Crippen LogP contribution is -2.29. The smallest absolute Gasteiger partial charge is 0.300 e. The van der Waals surface area contributed by atoms with Crippen LogP contribution in [-0.2, 0) is 9.59 Å². The van der Waals surface area contributed by atoms with Crippen molar-refractivity contribution < 1.29 is 19.4 Å². The number of amides is 1. The predicted octanol–water partition coefficient (Wildman–Crippen LogP) is 5.72. The van der Waals surface area contributed by atoms with Gasteiger partial charge in [-0.1, -0.05) is 48.5 Å². The number of ketones is 1. The molecule has 0 aliphatic carbocycles. The molecule has 0 spiro atoms. The summed E-state index contributed by atoms with van der Waals surface area (Å²) in [6.07, 6.45) is -0.0321. The molecule has 5 nitrogen and oxygen atoms in total. The Morgan fingerprint density at radius 3 is 2.21 bits per heavy atom. The van der Waals surface area contributed by atoms with Crippen molar-refractivity contribution in [1.29, 1.82) is 0 Å². The van der Waals surface area contributed by atoms with Gasteiger partial charge in [0.15, 0.2) is 0 Å². The first-order valence-corrected chi connectivity index (χ1v) is 11.0. The molecule has 1 amide bonds. The van der Waals surface area contributed by atoms with Crippen molar-refractivity contribution in [3.05, 3.63) is 101 Å². The fourth-order valence-electron chi connectivity index (χ4n) is 4.29. The molecule has 1 unspecified atom stereocenters. The van der Waals surface area contributed by atoms with E-state index in [9.17, 15) is 14.7 Å². The Hall–Kier alpha value is -3.86. The van der Waals surface area contributed by atoms with Crippen LogP contribution >= 0.6 is 0 Å². The minimum Gasteiger partial charge on any atom is -0.507 e. The van der Waals surface area contributed by atoms with Crippen LogP contribution in [-0.4, -0.2) is 22.9 Å². The Balaban J connectivity index is 1.95. The molecule has 3 aromatic carbocycles. The van der Waals surface area contributed by atoms with E-state index in [-0.39, 0.29) is 17.4 Å². The highest BCUT2D eigenvalue weighted by Gasteiger charge is 2.47. The van der Waals surface area contributed by atoms with Gasteiger partial charge in [-0.2, -0.15) is 0 Å². The highest BCUT2D eigenvalue weighted by molar-refractivity contribution is 6.51. The van der Waals surface area contributed by atoms with Crippen LogP contribution in [0.25, 0.3) is 5.76 Å². The summed E-state index contributed by atoms with van der Waals surface area (Å²) in [4.78, 5) is 28.1. The molecule has 5 heteroatoms. The third-order valence-electron chi connectivity index (χ3n) is 5.52. The Bertz CT molecular complexity index is 1220. The van der Waals surface area contributed by atoms with Gasteiger partial charge in [0.1, 0.15) is 11.5 Å². The molecule has 1 saturated heterocycles. The van der Waals surface area contributed by atoms with Crippen molar-refractivity contribution >= 4 is 23.1 Å². The molecule has 1 N–H and O–H groups in total. The summed E-state index contributed by atoms with van der Waals surface area (Å²) < 4.78 is 5.86. The zero-order valence-corrected chi connectivity index (χ0v) is 19.2. The topological polar surface area (TPSA) is 66.8 Å². The molecule has 0 saturated carbocycles. The van der Waals surface area contributed by atoms with E-state index >= 15 is 0 Å². The maximum atomic E-state index is 13.3. The predicted molar refractivity (Wildman–Crippen MR) is 129 cm³/mol. The van der Waals surface area contributed by atoms with Crippen molar-refractivity contribution in [2.24, 2.45) is 0 Å². The molecular formula is C28H27NO4. The largest absolute Gasteiger partial charge is 0.507 e. The van der Waals surface area contributed by atoms with E-state index in [4.69, 9.17) is 4.74 Å². The van der Waals surface area contributed by atoms with Crippen molar-refractivity contribution in [1.82, 2.24) is 0 Å². The van der Waals surface area contributed by atoms with E-state index in [1.807, 2.05) is 76.2 Å². The Labute approximate surface area is 193 Å². The summed E-state index contributed by atoms with van der Waals surface area (Å²) in [6, 6.07) is 21.1. The SMILES string of the molecule is Cc1cc(C)cc(N2C(=O)C(=O)/C(=C(/O)c3ccccc3)C2c2cccc(OC(C)C)c2)c1. The van der Waals surface area contributed by atoms with Gasteiger partial charge in [0.2, 0.25) is 0 Å². The fraction of sp³-hybridized carbons (Fsp3) is 0.214. The standard InChI is InChI=1S/C28H27NO4/c1-17(2)33-23-12-8-11-21(16-23)25-24(26(30)20-9-6-5-7-10-20)27(31)28(32)29(25)22-14-18(3)13-19(4)15-22/h5-17,25,30H,1-4H3/b26-24+. The number of hydrogen-bond acceptors (Lipinski definition) is 4. The quantitative estimate of drug-likeness (QED) is 0.313. The van der Waals surface area contributed by atoms with Crippen LogP contribution in [0.4, 0.5) is 5.69 Å². The van der Waals surface area contributed by atoms with E-state index in [1.165, 1.54) is 4.90 Å². The highest BCUT2D eigenvalue weighted by Crippen LogP contribution is 2.43. The van der Waals surface area contributed by atoms with E-state index in [2.05, 4.69) is 0 Å². The van der Waals surface area contributed by atoms with Crippen LogP contribution < -0.4 is 9.64 Å². The maximum Gasteiger partial charge on any atom is 0.300 e. The number of aliphatic hydroxyl groups excluding tert-OH is 1. The lowest BCUT2D eigenvalue weighted by molar-refractivity contribution is -0.132. The molecule has 33 heavy (non-hydrogen) atoms. The molecule has 1 heterocycles. The first-order valence-electron chi connectivity index (χ1n) is 11.0. The van der Waals surface area contributed by atoms with Crippen LogP contribution in [0.15, 0.2) is 78.4 Å². The minimum absolute atomic E-state index is 0.0321. The summed E-state index contributed by atoms with van der Waals surface area (Å²) in [7, 11) is 0. The zero-order chi connectivity index (χ0) is 23.7. The summed E-state index contributed by atoms with van der Waals surface area (Å²) in [5.74, 6) is -0.942. The molecule has 0 bridgehead atoms. The molecule has 1 aliphatic rings. The van der Waals surface area contributed by atoms with Gasteiger partial charge in [-0.05, 0) is 68.7 Å². The number of aryl methyl sites for hydroxylation is 2. The van der Waals surface area contributed by atoms with Crippen molar-refractivity contribution in [2.75, 3.05) is 4.90 Å². The number of rotatable bonds is 5. The Morgan fingerprint density at radius 1 is 0.909 bits per heavy atom. The normalized spacial score (nSPS) is 17.6. The Morgan fingerprint density at radius 2 is 1.58 bits per heavy atom. The fourth-order valence-corrected chi connectivity index (χ4v) is 4.29. The van der Waals surface area contributed by atoms with Gasteiger partial charge >= 0.3 is 0 Å². The number of hydrogen-bond donors (Lipinski definition) is 1. The number of aliphatic hydroxyl groups is 1. The van der Waals surface area contributed by atoms with Gasteiger partial charge in [-0.15, -0.1) is 0 Å². The van der Waals surface area contributed by atoms with Gasteiger partial charge < -0.3 is 9.84 Å². The number of Topliss-reactive ketones (excluding diaryl/α,β-unsaturated/α-hetero) is 1. The number of ether oxygens (including phenoxy) is 1. The Kier molecular flexibility index (Phi) is 6.05. The zero-order valence-electron chi connectivity index (χ0n) is 19.2. The summed E-state index contributed by atoms with van der Waals surface area (Å²) in [6.45, 7) is 7.76. The van der Waals surface area contributed by atoms with Crippen molar-refractivity contribution in [3.63, 3.8) is 0 Å². The minimum atomic E-state index is -0.790. The molecule has 1 aliphatic heterocycles. The molecule has 3 aromatic rings. The first-order chi connectivity index (χ1) is 15.8. The molecule has 0 radical (unpaired) electrons. The monoisotopic (exact) mass is 441 g/mol. The maximum absolute atomic E-state index is 13.3. The molecule has 1 atom stereocenters. The molecular weight excluding hydrogens is 414 g/mol. The van der Waals surface area contributed by atoms with Gasteiger partial charge in [-0.3, -0.25) is 14.5 Å². The van der Waals surface area contributed by atoms with E-state index in [1.54, 1.807) is 24.3 Å². The second-order valence-electron chi connectivity index (χ2n) is 8.62. The first kappa shape index (κ1) is 22.3. The van der Waals surface area contributed by atoms with E-state index < -0.39 is 17.7 Å². The second-order valence-corrected chi connectivity index (χ2v) is 8.62.